The van der Waals surface area contributed by atoms with Crippen molar-refractivity contribution >= 4 is 35.2 Å². The van der Waals surface area contributed by atoms with Gasteiger partial charge >= 0.3 is 0 Å². The van der Waals surface area contributed by atoms with Crippen molar-refractivity contribution in [2.75, 3.05) is 0 Å². The molecule has 0 fully saturated rings. The molecule has 1 aromatic rings. The predicted octanol–water partition coefficient (Wildman–Crippen LogP) is 2.11. The highest BCUT2D eigenvalue weighted by Crippen LogP contribution is 2.11. The molecule has 0 radical (unpaired) electrons. The highest BCUT2D eigenvalue weighted by Gasteiger charge is 1.97. The molecule has 0 amide bonds. The molecule has 9 heavy (non-hydrogen) atoms. The van der Waals surface area contributed by atoms with E-state index in [-0.39, 0.29) is 0 Å². The molecule has 0 saturated heterocycles. The van der Waals surface area contributed by atoms with Gasteiger partial charge in [0.2, 0.25) is 5.95 Å². The van der Waals surface area contributed by atoms with E-state index in [4.69, 9.17) is 0 Å². The van der Waals surface area contributed by atoms with Crippen molar-refractivity contribution in [1.82, 2.24) is 4.98 Å². The molecule has 0 saturated carbocycles. The molecule has 4 heteroatoms. The molecule has 1 nitrogen and oxygen atoms in total. The average Bonchev–Trinajstić information content (AvgIpc) is 1.80. The van der Waals surface area contributed by atoms with E-state index in [2.05, 4.69) is 17.6 Å². The molecule has 48 valence electrons. The van der Waals surface area contributed by atoms with Crippen LogP contribution in [0.25, 0.3) is 0 Å². The SMILES string of the molecule is Fc1ncc(S)cc1I. The zero-order valence-electron chi connectivity index (χ0n) is 4.31. The van der Waals surface area contributed by atoms with Crippen molar-refractivity contribution < 1.29 is 4.39 Å². The summed E-state index contributed by atoms with van der Waals surface area (Å²) in [7, 11) is 0. The summed E-state index contributed by atoms with van der Waals surface area (Å²) >= 11 is 5.83. The largest absolute Gasteiger partial charge is 0.226 e. The lowest BCUT2D eigenvalue weighted by atomic mass is 10.5. The summed E-state index contributed by atoms with van der Waals surface area (Å²) in [5, 5.41) is 0. The van der Waals surface area contributed by atoms with E-state index in [1.54, 1.807) is 6.07 Å². The van der Waals surface area contributed by atoms with E-state index in [9.17, 15) is 4.39 Å². The normalized spacial score (nSPS) is 9.67. The summed E-state index contributed by atoms with van der Waals surface area (Å²) in [6.07, 6.45) is 1.38. The lowest BCUT2D eigenvalue weighted by molar-refractivity contribution is 0.573. The Morgan fingerprint density at radius 2 is 2.33 bits per heavy atom. The maximum absolute atomic E-state index is 12.3. The van der Waals surface area contributed by atoms with Gasteiger partial charge in [-0.3, -0.25) is 0 Å². The second-order valence-electron chi connectivity index (χ2n) is 1.47. The Kier molecular flexibility index (Phi) is 2.29. The van der Waals surface area contributed by atoms with Crippen molar-refractivity contribution in [3.05, 3.63) is 21.8 Å². The van der Waals surface area contributed by atoms with E-state index in [0.717, 1.165) is 0 Å². The molecule has 0 aromatic carbocycles. The minimum atomic E-state index is -0.437. The summed E-state index contributed by atoms with van der Waals surface area (Å²) in [6, 6.07) is 1.62. The smallest absolute Gasteiger partial charge is 0.226 e. The summed E-state index contributed by atoms with van der Waals surface area (Å²) in [5.74, 6) is -0.437. The Bertz CT molecular complexity index is 228. The van der Waals surface area contributed by atoms with Gasteiger partial charge in [0.25, 0.3) is 0 Å². The maximum atomic E-state index is 12.3. The van der Waals surface area contributed by atoms with E-state index in [1.807, 2.05) is 22.6 Å². The van der Waals surface area contributed by atoms with Crippen LogP contribution in [0.3, 0.4) is 0 Å². The summed E-state index contributed by atoms with van der Waals surface area (Å²) in [4.78, 5) is 4.11. The van der Waals surface area contributed by atoms with Crippen LogP contribution in [0.2, 0.25) is 0 Å². The van der Waals surface area contributed by atoms with Gasteiger partial charge in [0.1, 0.15) is 0 Å². The molecule has 1 heterocycles. The van der Waals surface area contributed by atoms with Crippen LogP contribution in [0, 0.1) is 9.52 Å². The fraction of sp³-hybridized carbons (Fsp3) is 0. The van der Waals surface area contributed by atoms with Crippen molar-refractivity contribution in [2.45, 2.75) is 4.90 Å². The van der Waals surface area contributed by atoms with Gasteiger partial charge < -0.3 is 0 Å². The lowest BCUT2D eigenvalue weighted by Gasteiger charge is -1.91. The van der Waals surface area contributed by atoms with Crippen molar-refractivity contribution in [3.8, 4) is 0 Å². The Labute approximate surface area is 71.2 Å². The van der Waals surface area contributed by atoms with Gasteiger partial charge in [-0.2, -0.15) is 4.39 Å². The maximum Gasteiger partial charge on any atom is 0.226 e. The van der Waals surface area contributed by atoms with Gasteiger partial charge in [0.15, 0.2) is 0 Å². The standard InChI is InChI=1S/C5H3FINS/c6-5-4(7)1-3(9)2-8-5/h1-2,9H. The molecule has 0 bridgehead atoms. The number of nitrogens with zero attached hydrogens (tertiary/aromatic N) is 1. The summed E-state index contributed by atoms with van der Waals surface area (Å²) in [6.45, 7) is 0. The van der Waals surface area contributed by atoms with Crippen LogP contribution >= 0.6 is 35.2 Å². The summed E-state index contributed by atoms with van der Waals surface area (Å²) in [5.41, 5.74) is 0. The van der Waals surface area contributed by atoms with Crippen LogP contribution < -0.4 is 0 Å². The second kappa shape index (κ2) is 2.83. The van der Waals surface area contributed by atoms with Crippen molar-refractivity contribution in [2.24, 2.45) is 0 Å². The van der Waals surface area contributed by atoms with Gasteiger partial charge in [-0.15, -0.1) is 12.6 Å². The fourth-order valence-corrected chi connectivity index (χ4v) is 1.32. The van der Waals surface area contributed by atoms with E-state index >= 15 is 0 Å². The molecule has 0 unspecified atom stereocenters. The van der Waals surface area contributed by atoms with Gasteiger partial charge in [-0.25, -0.2) is 4.98 Å². The highest BCUT2D eigenvalue weighted by atomic mass is 127. The second-order valence-corrected chi connectivity index (χ2v) is 3.14. The first kappa shape index (κ1) is 7.27. The number of hydrogen-bond acceptors (Lipinski definition) is 2. The third-order valence-electron chi connectivity index (χ3n) is 0.782. The Balaban J connectivity index is 3.17. The first-order valence-electron chi connectivity index (χ1n) is 2.20. The average molecular weight is 255 g/mol. The minimum Gasteiger partial charge on any atom is -0.226 e. The quantitative estimate of drug-likeness (QED) is 0.425. The van der Waals surface area contributed by atoms with Crippen LogP contribution in [-0.4, -0.2) is 4.98 Å². The number of halogens is 2. The third kappa shape index (κ3) is 1.79. The van der Waals surface area contributed by atoms with E-state index < -0.39 is 5.95 Å². The molecule has 0 atom stereocenters. The zero-order chi connectivity index (χ0) is 6.85. The highest BCUT2D eigenvalue weighted by molar-refractivity contribution is 14.1. The van der Waals surface area contributed by atoms with Crippen molar-refractivity contribution in [3.63, 3.8) is 0 Å². The Morgan fingerprint density at radius 3 is 2.78 bits per heavy atom. The van der Waals surface area contributed by atoms with Gasteiger partial charge in [0, 0.05) is 11.1 Å². The van der Waals surface area contributed by atoms with Crippen LogP contribution in [-0.2, 0) is 0 Å². The molecule has 0 aliphatic carbocycles. The Hall–Kier alpha value is 0.160. The van der Waals surface area contributed by atoms with Crippen LogP contribution in [0.4, 0.5) is 4.39 Å². The van der Waals surface area contributed by atoms with Gasteiger partial charge in [0.05, 0.1) is 3.57 Å². The number of rotatable bonds is 0. The lowest BCUT2D eigenvalue weighted by Crippen LogP contribution is -1.85. The topological polar surface area (TPSA) is 12.9 Å². The zero-order valence-corrected chi connectivity index (χ0v) is 7.36. The van der Waals surface area contributed by atoms with Gasteiger partial charge in [-0.05, 0) is 28.7 Å². The number of pyridine rings is 1. The molecule has 0 N–H and O–H groups in total. The van der Waals surface area contributed by atoms with E-state index in [1.165, 1.54) is 6.20 Å². The third-order valence-corrected chi connectivity index (χ3v) is 1.78. The molecular formula is C5H3FINS. The number of aromatic nitrogens is 1. The van der Waals surface area contributed by atoms with Crippen LogP contribution in [0.5, 0.6) is 0 Å². The Morgan fingerprint density at radius 1 is 1.67 bits per heavy atom. The molecule has 0 aliphatic heterocycles. The fourth-order valence-electron chi connectivity index (χ4n) is 0.411. The number of hydrogen-bond donors (Lipinski definition) is 1. The van der Waals surface area contributed by atoms with Crippen LogP contribution in [0.1, 0.15) is 0 Å². The first-order valence-corrected chi connectivity index (χ1v) is 3.73. The van der Waals surface area contributed by atoms with Crippen molar-refractivity contribution in [1.29, 1.82) is 0 Å². The molecule has 0 spiro atoms. The van der Waals surface area contributed by atoms with Gasteiger partial charge in [-0.1, -0.05) is 0 Å². The first-order chi connectivity index (χ1) is 4.20. The summed E-state index contributed by atoms with van der Waals surface area (Å²) < 4.78 is 12.8. The monoisotopic (exact) mass is 255 g/mol. The minimum absolute atomic E-state index is 0.437. The predicted molar refractivity (Wildman–Crippen MR) is 44.2 cm³/mol. The molecule has 1 aromatic heterocycles. The van der Waals surface area contributed by atoms with Crippen LogP contribution in [0.15, 0.2) is 17.2 Å². The molecule has 0 aliphatic rings. The van der Waals surface area contributed by atoms with E-state index in [0.29, 0.717) is 8.47 Å². The molecular weight excluding hydrogens is 252 g/mol. The molecule has 1 rings (SSSR count). The number of thiol groups is 1.